The number of fused-ring (bicyclic) bond motifs is 1. The number of methoxy groups -OCH3 is 4. The summed E-state index contributed by atoms with van der Waals surface area (Å²) in [7, 11) is 6.40. The summed E-state index contributed by atoms with van der Waals surface area (Å²) in [6.07, 6.45) is 0. The van der Waals surface area contributed by atoms with Gasteiger partial charge in [-0.05, 0) is 24.3 Å². The molecule has 0 unspecified atom stereocenters. The van der Waals surface area contributed by atoms with Crippen molar-refractivity contribution < 1.29 is 18.9 Å². The number of hydrogen-bond acceptors (Lipinski definition) is 7. The van der Waals surface area contributed by atoms with E-state index in [0.717, 1.165) is 27.5 Å². The highest BCUT2D eigenvalue weighted by Gasteiger charge is 2.19. The van der Waals surface area contributed by atoms with Crippen LogP contribution < -0.4 is 18.9 Å². The highest BCUT2D eigenvalue weighted by molar-refractivity contribution is 7.15. The fourth-order valence-electron chi connectivity index (χ4n) is 3.06. The molecule has 144 valence electrons. The molecular weight excluding hydrogens is 378 g/mol. The summed E-state index contributed by atoms with van der Waals surface area (Å²) >= 11 is 1.52. The molecule has 8 heteroatoms. The zero-order valence-electron chi connectivity index (χ0n) is 15.9. The van der Waals surface area contributed by atoms with Gasteiger partial charge in [-0.25, -0.2) is 4.52 Å². The Morgan fingerprint density at radius 2 is 1.54 bits per heavy atom. The minimum Gasteiger partial charge on any atom is -0.496 e. The van der Waals surface area contributed by atoms with Gasteiger partial charge >= 0.3 is 0 Å². The second-order valence-electron chi connectivity index (χ2n) is 5.87. The molecule has 0 aliphatic rings. The smallest absolute Gasteiger partial charge is 0.213 e. The third-order valence-electron chi connectivity index (χ3n) is 4.39. The van der Waals surface area contributed by atoms with Crippen LogP contribution in [-0.2, 0) is 0 Å². The van der Waals surface area contributed by atoms with Gasteiger partial charge in [0.1, 0.15) is 5.75 Å². The first-order valence-electron chi connectivity index (χ1n) is 8.48. The molecule has 0 saturated heterocycles. The van der Waals surface area contributed by atoms with E-state index in [-0.39, 0.29) is 0 Å². The Kier molecular flexibility index (Phi) is 4.79. The Balaban J connectivity index is 1.85. The number of benzene rings is 2. The van der Waals surface area contributed by atoms with E-state index < -0.39 is 0 Å². The molecule has 2 aromatic carbocycles. The largest absolute Gasteiger partial charge is 0.496 e. The van der Waals surface area contributed by atoms with E-state index >= 15 is 0 Å². The highest BCUT2D eigenvalue weighted by Crippen LogP contribution is 2.41. The first kappa shape index (κ1) is 18.1. The molecule has 2 aromatic heterocycles. The van der Waals surface area contributed by atoms with Gasteiger partial charge in [-0.1, -0.05) is 12.1 Å². The summed E-state index contributed by atoms with van der Waals surface area (Å²) in [5.41, 5.74) is 2.65. The van der Waals surface area contributed by atoms with Crippen molar-refractivity contribution >= 4 is 16.3 Å². The van der Waals surface area contributed by atoms with Crippen molar-refractivity contribution in [1.29, 1.82) is 0 Å². The molecular formula is C20H19N3O4S. The van der Waals surface area contributed by atoms with Crippen molar-refractivity contribution in [2.75, 3.05) is 28.4 Å². The van der Waals surface area contributed by atoms with Gasteiger partial charge in [0, 0.05) is 16.5 Å². The summed E-state index contributed by atoms with van der Waals surface area (Å²) in [6.45, 7) is 0. The number of rotatable bonds is 6. The van der Waals surface area contributed by atoms with E-state index in [2.05, 4.69) is 4.98 Å². The SMILES string of the molecule is COc1ccccc1-c1csc2nc(-c3cc(OC)c(OC)c(OC)c3)nn12. The summed E-state index contributed by atoms with van der Waals surface area (Å²) in [6, 6.07) is 11.5. The molecule has 0 fully saturated rings. The zero-order chi connectivity index (χ0) is 19.7. The molecule has 0 N–H and O–H groups in total. The van der Waals surface area contributed by atoms with E-state index in [1.54, 1.807) is 28.4 Å². The Hall–Kier alpha value is -3.26. The molecule has 4 rings (SSSR count). The van der Waals surface area contributed by atoms with Gasteiger partial charge < -0.3 is 18.9 Å². The van der Waals surface area contributed by atoms with Crippen molar-refractivity contribution in [1.82, 2.24) is 14.6 Å². The Labute approximate surface area is 166 Å². The minimum atomic E-state index is 0.532. The Morgan fingerprint density at radius 1 is 0.857 bits per heavy atom. The van der Waals surface area contributed by atoms with Crippen LogP contribution in [-0.4, -0.2) is 43.0 Å². The Bertz CT molecular complexity index is 1110. The molecule has 2 heterocycles. The lowest BCUT2D eigenvalue weighted by Crippen LogP contribution is -1.96. The highest BCUT2D eigenvalue weighted by atomic mass is 32.1. The molecule has 0 saturated carbocycles. The second-order valence-corrected chi connectivity index (χ2v) is 6.70. The van der Waals surface area contributed by atoms with Gasteiger partial charge in [-0.15, -0.1) is 16.4 Å². The van der Waals surface area contributed by atoms with Crippen LogP contribution >= 0.6 is 11.3 Å². The van der Waals surface area contributed by atoms with Crippen LogP contribution in [0, 0.1) is 0 Å². The molecule has 0 spiro atoms. The van der Waals surface area contributed by atoms with Gasteiger partial charge in [0.15, 0.2) is 17.3 Å². The van der Waals surface area contributed by atoms with Crippen molar-refractivity contribution in [2.24, 2.45) is 0 Å². The number of hydrogen-bond donors (Lipinski definition) is 0. The number of thiazole rings is 1. The van der Waals surface area contributed by atoms with Crippen LogP contribution in [0.4, 0.5) is 0 Å². The lowest BCUT2D eigenvalue weighted by atomic mass is 10.1. The third-order valence-corrected chi connectivity index (χ3v) is 5.20. The molecule has 0 radical (unpaired) electrons. The Morgan fingerprint density at radius 3 is 2.18 bits per heavy atom. The van der Waals surface area contributed by atoms with E-state index in [4.69, 9.17) is 24.0 Å². The van der Waals surface area contributed by atoms with E-state index in [1.807, 2.05) is 46.3 Å². The van der Waals surface area contributed by atoms with Gasteiger partial charge in [-0.2, -0.15) is 4.98 Å². The van der Waals surface area contributed by atoms with Crippen molar-refractivity contribution in [3.63, 3.8) is 0 Å². The van der Waals surface area contributed by atoms with Crippen molar-refractivity contribution in [3.8, 4) is 45.6 Å². The number of ether oxygens (including phenoxy) is 4. The van der Waals surface area contributed by atoms with Crippen LogP contribution in [0.2, 0.25) is 0 Å². The van der Waals surface area contributed by atoms with E-state index in [1.165, 1.54) is 11.3 Å². The molecule has 0 amide bonds. The van der Waals surface area contributed by atoms with Crippen LogP contribution in [0.15, 0.2) is 41.8 Å². The molecule has 0 bridgehead atoms. The summed E-state index contributed by atoms with van der Waals surface area (Å²) < 4.78 is 23.6. The molecule has 0 atom stereocenters. The number of aromatic nitrogens is 3. The van der Waals surface area contributed by atoms with Crippen LogP contribution in [0.25, 0.3) is 27.6 Å². The maximum Gasteiger partial charge on any atom is 0.213 e. The van der Waals surface area contributed by atoms with Gasteiger partial charge in [0.25, 0.3) is 0 Å². The molecule has 4 aromatic rings. The summed E-state index contributed by atoms with van der Waals surface area (Å²) in [4.78, 5) is 5.45. The lowest BCUT2D eigenvalue weighted by Gasteiger charge is -2.13. The topological polar surface area (TPSA) is 67.1 Å². The predicted molar refractivity (Wildman–Crippen MR) is 108 cm³/mol. The first-order valence-corrected chi connectivity index (χ1v) is 9.36. The van der Waals surface area contributed by atoms with Crippen LogP contribution in [0.5, 0.6) is 23.0 Å². The van der Waals surface area contributed by atoms with Gasteiger partial charge in [-0.3, -0.25) is 0 Å². The van der Waals surface area contributed by atoms with Gasteiger partial charge in [0.05, 0.1) is 34.1 Å². The van der Waals surface area contributed by atoms with Crippen molar-refractivity contribution in [2.45, 2.75) is 0 Å². The first-order chi connectivity index (χ1) is 13.7. The summed E-state index contributed by atoms with van der Waals surface area (Å²) in [5.74, 6) is 3.00. The van der Waals surface area contributed by atoms with Gasteiger partial charge in [0.2, 0.25) is 10.7 Å². The average molecular weight is 397 g/mol. The maximum atomic E-state index is 5.49. The average Bonchev–Trinajstić information content (AvgIpc) is 3.33. The number of nitrogens with zero attached hydrogens (tertiary/aromatic N) is 3. The van der Waals surface area contributed by atoms with Crippen LogP contribution in [0.1, 0.15) is 0 Å². The quantitative estimate of drug-likeness (QED) is 0.487. The fourth-order valence-corrected chi connectivity index (χ4v) is 3.88. The van der Waals surface area contributed by atoms with Crippen LogP contribution in [0.3, 0.4) is 0 Å². The number of para-hydroxylation sites is 1. The monoisotopic (exact) mass is 397 g/mol. The molecule has 28 heavy (non-hydrogen) atoms. The maximum absolute atomic E-state index is 5.49. The predicted octanol–water partition coefficient (Wildman–Crippen LogP) is 4.16. The molecule has 7 nitrogen and oxygen atoms in total. The third kappa shape index (κ3) is 2.91. The normalized spacial score (nSPS) is 10.9. The second kappa shape index (κ2) is 7.40. The lowest BCUT2D eigenvalue weighted by molar-refractivity contribution is 0.324. The molecule has 0 aliphatic heterocycles. The van der Waals surface area contributed by atoms with Crippen molar-refractivity contribution in [3.05, 3.63) is 41.8 Å². The standard InChI is InChI=1S/C20H19N3O4S/c1-24-15-8-6-5-7-13(15)14-11-28-20-21-19(22-23(14)20)12-9-16(25-2)18(27-4)17(10-12)26-3/h5-11H,1-4H3. The van der Waals surface area contributed by atoms with E-state index in [0.29, 0.717) is 23.1 Å². The zero-order valence-corrected chi connectivity index (χ0v) is 16.7. The summed E-state index contributed by atoms with van der Waals surface area (Å²) in [5, 5.41) is 6.73. The minimum absolute atomic E-state index is 0.532. The van der Waals surface area contributed by atoms with E-state index in [9.17, 15) is 0 Å². The molecule has 0 aliphatic carbocycles. The fraction of sp³-hybridized carbons (Fsp3) is 0.200.